The highest BCUT2D eigenvalue weighted by atomic mass is 32.2. The van der Waals surface area contributed by atoms with Gasteiger partial charge in [-0.25, -0.2) is 18.9 Å². The fourth-order valence-electron chi connectivity index (χ4n) is 2.88. The van der Waals surface area contributed by atoms with Crippen LogP contribution in [0.25, 0.3) is 0 Å². The number of allylic oxidation sites excluding steroid dienone is 2. The largest absolute Gasteiger partial charge is 0.242 e. The van der Waals surface area contributed by atoms with Crippen molar-refractivity contribution >= 4 is 24.3 Å². The molecule has 4 unspecified atom stereocenters. The Morgan fingerprint density at radius 2 is 0.909 bits per heavy atom. The molecule has 108 valence electrons. The van der Waals surface area contributed by atoms with Gasteiger partial charge in [-0.15, -0.1) is 0 Å². The van der Waals surface area contributed by atoms with Crippen LogP contribution in [-0.2, 0) is 0 Å². The maximum atomic E-state index is 9.23. The van der Waals surface area contributed by atoms with Gasteiger partial charge in [0.15, 0.2) is 0 Å². The molecule has 10 heteroatoms. The minimum absolute atomic E-state index is 0.0492. The summed E-state index contributed by atoms with van der Waals surface area (Å²) in [5.41, 5.74) is 1.39. The van der Waals surface area contributed by atoms with E-state index in [4.69, 9.17) is 0 Å². The summed E-state index contributed by atoms with van der Waals surface area (Å²) in [7, 11) is 0. The highest BCUT2D eigenvalue weighted by molar-refractivity contribution is 7.96. The van der Waals surface area contributed by atoms with Gasteiger partial charge < -0.3 is 0 Å². The molecule has 4 atom stereocenters. The van der Waals surface area contributed by atoms with Crippen LogP contribution in [0, 0.1) is 45.3 Å². The third-order valence-corrected chi connectivity index (χ3v) is 5.26. The molecule has 3 fully saturated rings. The topological polar surface area (TPSA) is 143 Å². The summed E-state index contributed by atoms with van der Waals surface area (Å²) >= 11 is 2.47. The summed E-state index contributed by atoms with van der Waals surface area (Å²) in [6.45, 7) is 0. The van der Waals surface area contributed by atoms with Crippen molar-refractivity contribution < 1.29 is 0 Å². The molecule has 4 N–H and O–H groups in total. The van der Waals surface area contributed by atoms with Gasteiger partial charge >= 0.3 is 0 Å². The Labute approximate surface area is 135 Å². The van der Waals surface area contributed by atoms with Crippen molar-refractivity contribution in [3.8, 4) is 24.3 Å². The molecular weight excluding hydrogens is 320 g/mol. The van der Waals surface area contributed by atoms with Crippen LogP contribution >= 0.6 is 24.3 Å². The van der Waals surface area contributed by atoms with Gasteiger partial charge in [0, 0.05) is 24.3 Å². The molecule has 0 aromatic heterocycles. The minimum Gasteiger partial charge on any atom is -0.242 e. The average molecular weight is 328 g/mol. The first-order valence-corrected chi connectivity index (χ1v) is 7.82. The Kier molecular flexibility index (Phi) is 4.06. The molecule has 2 heterocycles. The van der Waals surface area contributed by atoms with Crippen molar-refractivity contribution in [2.75, 3.05) is 0 Å². The fourth-order valence-corrected chi connectivity index (χ4v) is 4.58. The van der Waals surface area contributed by atoms with Crippen molar-refractivity contribution in [2.45, 2.75) is 24.2 Å². The first-order chi connectivity index (χ1) is 10.8. The van der Waals surface area contributed by atoms with Gasteiger partial charge in [-0.05, 0) is 11.1 Å². The van der Waals surface area contributed by atoms with Crippen LogP contribution in [0.3, 0.4) is 0 Å². The van der Waals surface area contributed by atoms with E-state index in [1.807, 2.05) is 24.3 Å². The third kappa shape index (κ3) is 2.08. The standard InChI is InChI=1S/C12H8N8S2/c13-1-5(2-14)7-9-11(19-21-17-9)8(6(3-15)4-16)12-10(7)18-22-20-12/h9-12,17-20H. The second-order valence-electron chi connectivity index (χ2n) is 4.69. The Balaban J connectivity index is 2.22. The lowest BCUT2D eigenvalue weighted by molar-refractivity contribution is 0.452. The zero-order valence-corrected chi connectivity index (χ0v) is 12.5. The molecule has 3 rings (SSSR count). The maximum Gasteiger partial charge on any atom is 0.132 e. The monoisotopic (exact) mass is 328 g/mol. The number of hydrogen-bond acceptors (Lipinski definition) is 10. The van der Waals surface area contributed by atoms with Crippen molar-refractivity contribution in [1.29, 1.82) is 21.0 Å². The van der Waals surface area contributed by atoms with Gasteiger partial charge in [-0.1, -0.05) is 0 Å². The van der Waals surface area contributed by atoms with Crippen LogP contribution in [0.15, 0.2) is 22.3 Å². The summed E-state index contributed by atoms with van der Waals surface area (Å²) in [6.07, 6.45) is 0. The van der Waals surface area contributed by atoms with Gasteiger partial charge in [0.05, 0.1) is 24.2 Å². The number of nitrogens with zero attached hydrogens (tertiary/aromatic N) is 4. The van der Waals surface area contributed by atoms with Crippen LogP contribution in [0.1, 0.15) is 0 Å². The zero-order chi connectivity index (χ0) is 15.7. The molecule has 1 saturated carbocycles. The normalized spacial score (nSPS) is 32.0. The Hall–Kier alpha value is -2.02. The van der Waals surface area contributed by atoms with E-state index in [9.17, 15) is 21.0 Å². The summed E-state index contributed by atoms with van der Waals surface area (Å²) < 4.78 is 12.5. The molecule has 0 amide bonds. The van der Waals surface area contributed by atoms with E-state index >= 15 is 0 Å². The lowest BCUT2D eigenvalue weighted by Crippen LogP contribution is -2.56. The quantitative estimate of drug-likeness (QED) is 0.345. The van der Waals surface area contributed by atoms with E-state index in [0.29, 0.717) is 11.1 Å². The first kappa shape index (κ1) is 14.9. The number of hydrogen-bond donors (Lipinski definition) is 4. The summed E-state index contributed by atoms with van der Waals surface area (Å²) in [4.78, 5) is 0. The highest BCUT2D eigenvalue weighted by Gasteiger charge is 2.51. The summed E-state index contributed by atoms with van der Waals surface area (Å²) in [5.74, 6) is 0. The summed E-state index contributed by atoms with van der Waals surface area (Å²) in [5, 5.41) is 36.9. The summed E-state index contributed by atoms with van der Waals surface area (Å²) in [6, 6.07) is 6.42. The van der Waals surface area contributed by atoms with Crippen molar-refractivity contribution in [1.82, 2.24) is 18.9 Å². The molecule has 0 bridgehead atoms. The molecule has 2 saturated heterocycles. The van der Waals surface area contributed by atoms with E-state index in [1.54, 1.807) is 0 Å². The molecular formula is C12H8N8S2. The van der Waals surface area contributed by atoms with Gasteiger partial charge in [-0.3, -0.25) is 0 Å². The predicted molar refractivity (Wildman–Crippen MR) is 79.4 cm³/mol. The lowest BCUT2D eigenvalue weighted by atomic mass is 9.73. The number of nitrogens with one attached hydrogen (secondary N) is 4. The van der Waals surface area contributed by atoms with E-state index in [2.05, 4.69) is 18.9 Å². The fraction of sp³-hybridized carbons (Fsp3) is 0.333. The Morgan fingerprint density at radius 3 is 1.14 bits per heavy atom. The highest BCUT2D eigenvalue weighted by Crippen LogP contribution is 2.40. The number of rotatable bonds is 0. The van der Waals surface area contributed by atoms with Crippen molar-refractivity contribution in [3.05, 3.63) is 22.3 Å². The average Bonchev–Trinajstić information content (AvgIpc) is 3.19. The van der Waals surface area contributed by atoms with E-state index in [-0.39, 0.29) is 35.3 Å². The van der Waals surface area contributed by atoms with Gasteiger partial charge in [-0.2, -0.15) is 21.0 Å². The van der Waals surface area contributed by atoms with Crippen LogP contribution in [0.2, 0.25) is 0 Å². The number of fused-ring (bicyclic) bond motifs is 2. The minimum atomic E-state index is -0.333. The van der Waals surface area contributed by atoms with Crippen LogP contribution in [0.5, 0.6) is 0 Å². The van der Waals surface area contributed by atoms with E-state index < -0.39 is 0 Å². The zero-order valence-electron chi connectivity index (χ0n) is 10.9. The third-order valence-electron chi connectivity index (χ3n) is 3.78. The molecule has 0 aromatic carbocycles. The molecule has 0 aromatic rings. The van der Waals surface area contributed by atoms with Crippen LogP contribution < -0.4 is 18.9 Å². The molecule has 8 nitrogen and oxygen atoms in total. The number of nitriles is 4. The molecule has 3 aliphatic rings. The molecule has 0 spiro atoms. The van der Waals surface area contributed by atoms with E-state index in [0.717, 1.165) is 0 Å². The van der Waals surface area contributed by atoms with Gasteiger partial charge in [0.2, 0.25) is 0 Å². The van der Waals surface area contributed by atoms with Crippen LogP contribution in [-0.4, -0.2) is 24.2 Å². The van der Waals surface area contributed by atoms with Gasteiger partial charge in [0.25, 0.3) is 0 Å². The molecule has 22 heavy (non-hydrogen) atoms. The molecule has 1 aliphatic carbocycles. The SMILES string of the molecule is N#CC(C#N)=C1C2NSNC2C(=C(C#N)C#N)C2NSNC12. The Bertz CT molecular complexity index is 623. The molecule has 0 radical (unpaired) electrons. The van der Waals surface area contributed by atoms with Crippen molar-refractivity contribution in [2.24, 2.45) is 0 Å². The van der Waals surface area contributed by atoms with Gasteiger partial charge in [0.1, 0.15) is 35.4 Å². The maximum absolute atomic E-state index is 9.23. The first-order valence-electron chi connectivity index (χ1n) is 6.19. The van der Waals surface area contributed by atoms with Crippen LogP contribution in [0.4, 0.5) is 0 Å². The predicted octanol–water partition coefficient (Wildman–Crippen LogP) is -0.326. The van der Waals surface area contributed by atoms with Crippen molar-refractivity contribution in [3.63, 3.8) is 0 Å². The second kappa shape index (κ2) is 6.00. The lowest BCUT2D eigenvalue weighted by Gasteiger charge is -2.37. The Morgan fingerprint density at radius 1 is 0.636 bits per heavy atom. The second-order valence-corrected chi connectivity index (χ2v) is 6.05. The molecule has 2 aliphatic heterocycles. The van der Waals surface area contributed by atoms with E-state index in [1.165, 1.54) is 24.3 Å². The smallest absolute Gasteiger partial charge is 0.132 e.